The minimum Gasteiger partial charge on any atom is -0.443 e. The Morgan fingerprint density at radius 2 is 2.00 bits per heavy atom. The summed E-state index contributed by atoms with van der Waals surface area (Å²) in [7, 11) is 0. The molecule has 0 spiro atoms. The molecule has 0 saturated heterocycles. The number of hydrogen-bond donors (Lipinski definition) is 0. The highest BCUT2D eigenvalue weighted by atomic mass is 16.4. The summed E-state index contributed by atoms with van der Waals surface area (Å²) >= 11 is 0. The van der Waals surface area contributed by atoms with Crippen molar-refractivity contribution in [2.75, 3.05) is 18.0 Å². The van der Waals surface area contributed by atoms with Crippen LogP contribution in [0.3, 0.4) is 0 Å². The first-order chi connectivity index (χ1) is 10.2. The van der Waals surface area contributed by atoms with Gasteiger partial charge in [0.05, 0.1) is 6.20 Å². The van der Waals surface area contributed by atoms with Gasteiger partial charge in [-0.05, 0) is 32.0 Å². The number of rotatable bonds is 4. The van der Waals surface area contributed by atoms with E-state index in [2.05, 4.69) is 23.7 Å². The minimum atomic E-state index is -0.420. The predicted molar refractivity (Wildman–Crippen MR) is 81.5 cm³/mol. The van der Waals surface area contributed by atoms with Crippen LogP contribution in [0, 0.1) is 0 Å². The van der Waals surface area contributed by atoms with E-state index in [1.807, 2.05) is 18.2 Å². The van der Waals surface area contributed by atoms with Gasteiger partial charge in [-0.15, -0.1) is 0 Å². The Balaban J connectivity index is 2.13. The maximum absolute atomic E-state index is 12.1. The van der Waals surface area contributed by atoms with Crippen molar-refractivity contribution in [3.05, 3.63) is 47.3 Å². The third-order valence-corrected chi connectivity index (χ3v) is 3.55. The van der Waals surface area contributed by atoms with Crippen LogP contribution >= 0.6 is 0 Å². The molecule has 0 aliphatic carbocycles. The van der Waals surface area contributed by atoms with Crippen LogP contribution in [0.5, 0.6) is 0 Å². The van der Waals surface area contributed by atoms with E-state index in [0.29, 0.717) is 16.9 Å². The third kappa shape index (κ3) is 2.42. The lowest BCUT2D eigenvalue weighted by Crippen LogP contribution is -2.21. The van der Waals surface area contributed by atoms with Crippen molar-refractivity contribution in [2.45, 2.75) is 13.8 Å². The molecule has 0 fully saturated rings. The molecular weight excluding hydrogens is 268 g/mol. The number of nitrogens with zero attached hydrogens (tertiary/aromatic N) is 2. The van der Waals surface area contributed by atoms with Gasteiger partial charge in [0.2, 0.25) is 0 Å². The van der Waals surface area contributed by atoms with E-state index >= 15 is 0 Å². The fraction of sp³-hybridized carbons (Fsp3) is 0.250. The van der Waals surface area contributed by atoms with E-state index in [1.165, 1.54) is 12.6 Å². The molecule has 5 heteroatoms. The SMILES string of the molecule is CCN(CC)c1ccc2cc(-c3cnco3)c(=O)oc2c1. The van der Waals surface area contributed by atoms with Crippen molar-refractivity contribution in [3.8, 4) is 11.3 Å². The lowest BCUT2D eigenvalue weighted by Gasteiger charge is -2.20. The van der Waals surface area contributed by atoms with Gasteiger partial charge in [0.15, 0.2) is 12.2 Å². The van der Waals surface area contributed by atoms with E-state index in [9.17, 15) is 4.79 Å². The molecule has 0 radical (unpaired) electrons. The van der Waals surface area contributed by atoms with Crippen LogP contribution in [0.15, 0.2) is 50.5 Å². The molecule has 0 saturated carbocycles. The Morgan fingerprint density at radius 3 is 2.67 bits per heavy atom. The zero-order valence-electron chi connectivity index (χ0n) is 12.0. The Hall–Kier alpha value is -2.56. The van der Waals surface area contributed by atoms with Gasteiger partial charge in [0.25, 0.3) is 0 Å². The molecule has 2 heterocycles. The molecule has 1 aromatic carbocycles. The largest absolute Gasteiger partial charge is 0.443 e. The molecule has 0 amide bonds. The first kappa shape index (κ1) is 13.4. The van der Waals surface area contributed by atoms with Crippen LogP contribution in [-0.4, -0.2) is 18.1 Å². The monoisotopic (exact) mass is 284 g/mol. The van der Waals surface area contributed by atoms with Crippen molar-refractivity contribution in [1.29, 1.82) is 0 Å². The van der Waals surface area contributed by atoms with Crippen LogP contribution in [0.25, 0.3) is 22.3 Å². The Labute approximate surface area is 121 Å². The van der Waals surface area contributed by atoms with Gasteiger partial charge in [0.1, 0.15) is 11.1 Å². The van der Waals surface area contributed by atoms with E-state index in [-0.39, 0.29) is 0 Å². The van der Waals surface area contributed by atoms with Gasteiger partial charge in [-0.2, -0.15) is 0 Å². The summed E-state index contributed by atoms with van der Waals surface area (Å²) in [5.74, 6) is 0.415. The maximum atomic E-state index is 12.1. The average molecular weight is 284 g/mol. The quantitative estimate of drug-likeness (QED) is 0.688. The summed E-state index contributed by atoms with van der Waals surface area (Å²) in [6, 6.07) is 7.65. The van der Waals surface area contributed by atoms with Gasteiger partial charge in [-0.1, -0.05) is 0 Å². The molecule has 5 nitrogen and oxygen atoms in total. The van der Waals surface area contributed by atoms with Gasteiger partial charge < -0.3 is 13.7 Å². The number of benzene rings is 1. The summed E-state index contributed by atoms with van der Waals surface area (Å²) in [6.07, 6.45) is 2.80. The van der Waals surface area contributed by atoms with Crippen molar-refractivity contribution in [3.63, 3.8) is 0 Å². The Morgan fingerprint density at radius 1 is 1.19 bits per heavy atom. The molecular formula is C16H16N2O3. The van der Waals surface area contributed by atoms with Crippen LogP contribution in [0.2, 0.25) is 0 Å². The second-order valence-corrected chi connectivity index (χ2v) is 4.71. The van der Waals surface area contributed by atoms with Crippen LogP contribution in [0.4, 0.5) is 5.69 Å². The maximum Gasteiger partial charge on any atom is 0.347 e. The second kappa shape index (κ2) is 5.44. The summed E-state index contributed by atoms with van der Waals surface area (Å²) in [5, 5.41) is 0.858. The molecule has 0 aliphatic rings. The average Bonchev–Trinajstić information content (AvgIpc) is 3.01. The highest BCUT2D eigenvalue weighted by Crippen LogP contribution is 2.24. The second-order valence-electron chi connectivity index (χ2n) is 4.71. The number of oxazole rings is 1. The lowest BCUT2D eigenvalue weighted by molar-refractivity contribution is 0.544. The molecule has 0 aliphatic heterocycles. The molecule has 0 N–H and O–H groups in total. The predicted octanol–water partition coefficient (Wildman–Crippen LogP) is 3.29. The zero-order valence-corrected chi connectivity index (χ0v) is 12.0. The molecule has 0 unspecified atom stereocenters. The Kier molecular flexibility index (Phi) is 3.48. The summed E-state index contributed by atoms with van der Waals surface area (Å²) in [5.41, 5.74) is 1.59. The number of anilines is 1. The topological polar surface area (TPSA) is 59.5 Å². The van der Waals surface area contributed by atoms with Crippen LogP contribution in [0.1, 0.15) is 13.8 Å². The van der Waals surface area contributed by atoms with Gasteiger partial charge in [-0.25, -0.2) is 9.78 Å². The number of aromatic nitrogens is 1. The lowest BCUT2D eigenvalue weighted by atomic mass is 10.1. The van der Waals surface area contributed by atoms with Crippen molar-refractivity contribution in [1.82, 2.24) is 4.98 Å². The molecule has 0 atom stereocenters. The molecule has 2 aromatic heterocycles. The summed E-state index contributed by atoms with van der Waals surface area (Å²) in [4.78, 5) is 18.1. The summed E-state index contributed by atoms with van der Waals surface area (Å²) < 4.78 is 10.6. The molecule has 108 valence electrons. The number of hydrogen-bond acceptors (Lipinski definition) is 5. The van der Waals surface area contributed by atoms with Gasteiger partial charge >= 0.3 is 5.63 Å². The normalized spacial score (nSPS) is 11.0. The van der Waals surface area contributed by atoms with Crippen LogP contribution in [-0.2, 0) is 0 Å². The molecule has 3 aromatic rings. The third-order valence-electron chi connectivity index (χ3n) is 3.55. The first-order valence-electron chi connectivity index (χ1n) is 6.94. The van der Waals surface area contributed by atoms with Gasteiger partial charge in [-0.3, -0.25) is 0 Å². The van der Waals surface area contributed by atoms with E-state index < -0.39 is 5.63 Å². The van der Waals surface area contributed by atoms with Crippen molar-refractivity contribution >= 4 is 16.7 Å². The van der Waals surface area contributed by atoms with Crippen LogP contribution < -0.4 is 10.5 Å². The molecule has 21 heavy (non-hydrogen) atoms. The Bertz CT molecular complexity index is 802. The number of fused-ring (bicyclic) bond motifs is 1. The highest BCUT2D eigenvalue weighted by molar-refractivity contribution is 5.83. The van der Waals surface area contributed by atoms with E-state index in [1.54, 1.807) is 6.07 Å². The fourth-order valence-electron chi connectivity index (χ4n) is 2.41. The molecule has 3 rings (SSSR count). The standard InChI is InChI=1S/C16H16N2O3/c1-3-18(4-2)12-6-5-11-7-13(15-9-17-10-20-15)16(19)21-14(11)8-12/h5-10H,3-4H2,1-2H3. The minimum absolute atomic E-state index is 0.385. The first-order valence-corrected chi connectivity index (χ1v) is 6.94. The highest BCUT2D eigenvalue weighted by Gasteiger charge is 2.12. The fourth-order valence-corrected chi connectivity index (χ4v) is 2.41. The summed E-state index contributed by atoms with van der Waals surface area (Å²) in [6.45, 7) is 6.00. The smallest absolute Gasteiger partial charge is 0.347 e. The molecule has 0 bridgehead atoms. The van der Waals surface area contributed by atoms with Gasteiger partial charge in [0, 0.05) is 30.2 Å². The van der Waals surface area contributed by atoms with E-state index in [0.717, 1.165) is 24.2 Å². The van der Waals surface area contributed by atoms with Crippen molar-refractivity contribution < 1.29 is 8.83 Å². The van der Waals surface area contributed by atoms with Crippen molar-refractivity contribution in [2.24, 2.45) is 0 Å². The van der Waals surface area contributed by atoms with E-state index in [4.69, 9.17) is 8.83 Å². The zero-order chi connectivity index (χ0) is 14.8.